The highest BCUT2D eigenvalue weighted by Gasteiger charge is 2.39. The number of nitrogens with zero attached hydrogens (tertiary/aromatic N) is 3. The lowest BCUT2D eigenvalue weighted by molar-refractivity contribution is -0.384. The molecule has 0 unspecified atom stereocenters. The molecule has 0 aliphatic heterocycles. The minimum atomic E-state index is -5.08. The first-order valence-electron chi connectivity index (χ1n) is 5.24. The summed E-state index contributed by atoms with van der Waals surface area (Å²) in [4.78, 5) is 20.5. The van der Waals surface area contributed by atoms with Gasteiger partial charge < -0.3 is 4.42 Å². The number of aromatic nitrogens is 2. The lowest BCUT2D eigenvalue weighted by atomic mass is 10.2. The minimum absolute atomic E-state index is 0.177. The van der Waals surface area contributed by atoms with Gasteiger partial charge in [-0.1, -0.05) is 5.10 Å². The maximum atomic E-state index is 12.0. The average molecular weight is 302 g/mol. The van der Waals surface area contributed by atoms with Crippen LogP contribution in [0.5, 0.6) is 0 Å². The number of alkyl halides is 3. The molecule has 1 heterocycles. The number of nitro benzene ring substituents is 1. The number of nitro groups is 1. The number of rotatable bonds is 3. The fourth-order valence-corrected chi connectivity index (χ4v) is 1.28. The van der Waals surface area contributed by atoms with Crippen molar-refractivity contribution in [3.05, 3.63) is 34.4 Å². The highest BCUT2D eigenvalue weighted by Crippen LogP contribution is 2.23. The van der Waals surface area contributed by atoms with Crippen molar-refractivity contribution >= 4 is 17.6 Å². The van der Waals surface area contributed by atoms with Gasteiger partial charge in [0.25, 0.3) is 5.69 Å². The van der Waals surface area contributed by atoms with E-state index in [-0.39, 0.29) is 17.1 Å². The average Bonchev–Trinajstić information content (AvgIpc) is 2.86. The van der Waals surface area contributed by atoms with Gasteiger partial charge in [-0.25, -0.2) is 0 Å². The number of carbonyl (C=O) groups is 1. The molecule has 1 N–H and O–H groups in total. The standard InChI is InChI=1S/C10H5F3N4O4/c11-10(12,13)8(18)14-9-16-15-7(21-9)5-1-3-6(4-2-5)17(19)20/h1-4H,(H,14,16,18). The van der Waals surface area contributed by atoms with Crippen molar-refractivity contribution < 1.29 is 27.3 Å². The van der Waals surface area contributed by atoms with E-state index in [1.807, 2.05) is 0 Å². The zero-order chi connectivity index (χ0) is 15.6. The van der Waals surface area contributed by atoms with Crippen molar-refractivity contribution in [3.63, 3.8) is 0 Å². The van der Waals surface area contributed by atoms with Gasteiger partial charge in [0, 0.05) is 17.7 Å². The van der Waals surface area contributed by atoms with Gasteiger partial charge in [-0.3, -0.25) is 20.2 Å². The summed E-state index contributed by atoms with van der Waals surface area (Å²) in [5.74, 6) is -2.44. The highest BCUT2D eigenvalue weighted by atomic mass is 19.4. The second-order valence-corrected chi connectivity index (χ2v) is 3.67. The van der Waals surface area contributed by atoms with Crippen LogP contribution in [0.3, 0.4) is 0 Å². The van der Waals surface area contributed by atoms with Gasteiger partial charge >= 0.3 is 18.1 Å². The van der Waals surface area contributed by atoms with Crippen molar-refractivity contribution in [1.82, 2.24) is 10.2 Å². The monoisotopic (exact) mass is 302 g/mol. The van der Waals surface area contributed by atoms with Crippen LogP contribution in [-0.4, -0.2) is 27.2 Å². The number of nitrogens with one attached hydrogen (secondary N) is 1. The molecule has 11 heteroatoms. The third-order valence-corrected chi connectivity index (χ3v) is 2.23. The Bertz CT molecular complexity index is 680. The van der Waals surface area contributed by atoms with Crippen LogP contribution in [-0.2, 0) is 4.79 Å². The molecule has 0 aliphatic rings. The van der Waals surface area contributed by atoms with Gasteiger partial charge in [-0.05, 0) is 12.1 Å². The van der Waals surface area contributed by atoms with Crippen LogP contribution in [0.25, 0.3) is 11.5 Å². The van der Waals surface area contributed by atoms with Crippen LogP contribution in [0, 0.1) is 10.1 Å². The Kier molecular flexibility index (Phi) is 3.56. The smallest absolute Gasteiger partial charge is 0.403 e. The van der Waals surface area contributed by atoms with Crippen LogP contribution < -0.4 is 5.32 Å². The van der Waals surface area contributed by atoms with Crippen LogP contribution in [0.1, 0.15) is 0 Å². The van der Waals surface area contributed by atoms with Crippen molar-refractivity contribution in [3.8, 4) is 11.5 Å². The Morgan fingerprint density at radius 2 is 1.86 bits per heavy atom. The van der Waals surface area contributed by atoms with Gasteiger partial charge in [0.2, 0.25) is 5.89 Å². The number of hydrogen-bond donors (Lipinski definition) is 1. The lowest BCUT2D eigenvalue weighted by Crippen LogP contribution is -2.30. The van der Waals surface area contributed by atoms with E-state index in [0.29, 0.717) is 0 Å². The quantitative estimate of drug-likeness (QED) is 0.686. The van der Waals surface area contributed by atoms with E-state index in [2.05, 4.69) is 10.2 Å². The van der Waals surface area contributed by atoms with E-state index in [9.17, 15) is 28.1 Å². The van der Waals surface area contributed by atoms with Crippen molar-refractivity contribution in [2.75, 3.05) is 5.32 Å². The van der Waals surface area contributed by atoms with E-state index >= 15 is 0 Å². The summed E-state index contributed by atoms with van der Waals surface area (Å²) in [6, 6.07) is 4.15. The van der Waals surface area contributed by atoms with Gasteiger partial charge in [-0.2, -0.15) is 13.2 Å². The molecule has 21 heavy (non-hydrogen) atoms. The molecule has 1 aromatic carbocycles. The second-order valence-electron chi connectivity index (χ2n) is 3.67. The summed E-state index contributed by atoms with van der Waals surface area (Å²) in [7, 11) is 0. The van der Waals surface area contributed by atoms with E-state index in [0.717, 1.165) is 12.1 Å². The predicted molar refractivity (Wildman–Crippen MR) is 61.1 cm³/mol. The van der Waals surface area contributed by atoms with E-state index in [1.54, 1.807) is 0 Å². The molecule has 2 aromatic rings. The topological polar surface area (TPSA) is 111 Å². The lowest BCUT2D eigenvalue weighted by Gasteiger charge is -2.03. The molecule has 0 spiro atoms. The molecular formula is C10H5F3N4O4. The molecule has 8 nitrogen and oxygen atoms in total. The van der Waals surface area contributed by atoms with Crippen molar-refractivity contribution in [1.29, 1.82) is 0 Å². The maximum absolute atomic E-state index is 12.0. The van der Waals surface area contributed by atoms with E-state index < -0.39 is 23.0 Å². The van der Waals surface area contributed by atoms with Gasteiger partial charge in [0.05, 0.1) is 4.92 Å². The number of anilines is 1. The molecule has 1 aromatic heterocycles. The summed E-state index contributed by atoms with van der Waals surface area (Å²) in [6.07, 6.45) is -5.08. The summed E-state index contributed by atoms with van der Waals surface area (Å²) < 4.78 is 40.9. The molecule has 0 atom stereocenters. The number of halogens is 3. The zero-order valence-electron chi connectivity index (χ0n) is 9.92. The van der Waals surface area contributed by atoms with Crippen LogP contribution in [0.4, 0.5) is 24.9 Å². The Morgan fingerprint density at radius 1 is 1.24 bits per heavy atom. The first-order chi connectivity index (χ1) is 9.77. The normalized spacial score (nSPS) is 11.2. The zero-order valence-corrected chi connectivity index (χ0v) is 9.92. The molecule has 0 fully saturated rings. The molecule has 2 rings (SSSR count). The van der Waals surface area contributed by atoms with E-state index in [4.69, 9.17) is 4.42 Å². The summed E-state index contributed by atoms with van der Waals surface area (Å²) in [6.45, 7) is 0. The number of benzene rings is 1. The largest absolute Gasteiger partial charge is 0.471 e. The molecule has 0 saturated carbocycles. The number of non-ortho nitro benzene ring substituents is 1. The molecule has 0 bridgehead atoms. The summed E-state index contributed by atoms with van der Waals surface area (Å²) in [5, 5.41) is 18.5. The number of carbonyl (C=O) groups excluding carboxylic acids is 1. The fraction of sp³-hybridized carbons (Fsp3) is 0.100. The van der Waals surface area contributed by atoms with Gasteiger partial charge in [-0.15, -0.1) is 5.10 Å². The third-order valence-electron chi connectivity index (χ3n) is 2.23. The molecule has 0 aliphatic carbocycles. The molecule has 110 valence electrons. The first kappa shape index (κ1) is 14.4. The van der Waals surface area contributed by atoms with Crippen molar-refractivity contribution in [2.24, 2.45) is 0 Å². The molecule has 1 amide bonds. The molecule has 0 saturated heterocycles. The highest BCUT2D eigenvalue weighted by molar-refractivity contribution is 5.93. The minimum Gasteiger partial charge on any atom is -0.403 e. The van der Waals surface area contributed by atoms with Gasteiger partial charge in [0.15, 0.2) is 0 Å². The summed E-state index contributed by atoms with van der Waals surface area (Å²) in [5.41, 5.74) is 0.0736. The summed E-state index contributed by atoms with van der Waals surface area (Å²) >= 11 is 0. The number of amides is 1. The molecule has 0 radical (unpaired) electrons. The Balaban J connectivity index is 2.16. The third kappa shape index (κ3) is 3.32. The molecular weight excluding hydrogens is 297 g/mol. The van der Waals surface area contributed by atoms with Crippen LogP contribution in [0.2, 0.25) is 0 Å². The first-order valence-corrected chi connectivity index (χ1v) is 5.24. The fourth-order valence-electron chi connectivity index (χ4n) is 1.28. The van der Waals surface area contributed by atoms with Crippen LogP contribution >= 0.6 is 0 Å². The number of hydrogen-bond acceptors (Lipinski definition) is 6. The second kappa shape index (κ2) is 5.19. The SMILES string of the molecule is O=C(Nc1nnc(-c2ccc([N+](=O)[O-])cc2)o1)C(F)(F)F. The predicted octanol–water partition coefficient (Wildman–Crippen LogP) is 2.15. The maximum Gasteiger partial charge on any atom is 0.471 e. The van der Waals surface area contributed by atoms with Crippen LogP contribution in [0.15, 0.2) is 28.7 Å². The van der Waals surface area contributed by atoms with Crippen molar-refractivity contribution in [2.45, 2.75) is 6.18 Å². The Morgan fingerprint density at radius 3 is 2.38 bits per heavy atom. The Hall–Kier alpha value is -2.98. The van der Waals surface area contributed by atoms with Gasteiger partial charge in [0.1, 0.15) is 0 Å². The van der Waals surface area contributed by atoms with E-state index in [1.165, 1.54) is 17.4 Å². The Labute approximate surface area is 113 Å².